The molecule has 0 bridgehead atoms. The third kappa shape index (κ3) is 3.60. The van der Waals surface area contributed by atoms with Gasteiger partial charge in [-0.25, -0.2) is 0 Å². The van der Waals surface area contributed by atoms with Crippen molar-refractivity contribution in [3.05, 3.63) is 53.9 Å². The van der Waals surface area contributed by atoms with Crippen molar-refractivity contribution in [3.63, 3.8) is 0 Å². The Morgan fingerprint density at radius 1 is 1.33 bits per heavy atom. The van der Waals surface area contributed by atoms with Crippen LogP contribution in [0.3, 0.4) is 0 Å². The Kier molecular flexibility index (Phi) is 4.36. The molecule has 2 aromatic rings. The van der Waals surface area contributed by atoms with E-state index in [9.17, 15) is 4.79 Å². The average molecular weight is 264 g/mol. The third-order valence-corrected chi connectivity index (χ3v) is 2.75. The van der Waals surface area contributed by atoms with Gasteiger partial charge in [-0.1, -0.05) is 24.3 Å². The lowest BCUT2D eigenvalue weighted by Crippen LogP contribution is -2.23. The summed E-state index contributed by atoms with van der Waals surface area (Å²) >= 11 is 5.42. The van der Waals surface area contributed by atoms with Crippen molar-refractivity contribution in [3.8, 4) is 0 Å². The number of rotatable bonds is 5. The lowest BCUT2D eigenvalue weighted by Gasteiger charge is -2.06. The molecule has 0 atom stereocenters. The SMILES string of the molecule is O=C(CCl)NCc1cccc(Cn2cccn2)c1. The Morgan fingerprint density at radius 2 is 2.17 bits per heavy atom. The highest BCUT2D eigenvalue weighted by atomic mass is 35.5. The number of nitrogens with zero attached hydrogens (tertiary/aromatic N) is 2. The number of nitrogens with one attached hydrogen (secondary N) is 1. The zero-order chi connectivity index (χ0) is 12.8. The molecule has 0 aliphatic carbocycles. The Balaban J connectivity index is 1.99. The van der Waals surface area contributed by atoms with Gasteiger partial charge in [0.1, 0.15) is 5.88 Å². The van der Waals surface area contributed by atoms with Gasteiger partial charge in [0.05, 0.1) is 6.54 Å². The summed E-state index contributed by atoms with van der Waals surface area (Å²) in [4.78, 5) is 11.1. The first-order valence-corrected chi connectivity index (χ1v) is 6.19. The molecule has 94 valence electrons. The molecule has 0 spiro atoms. The van der Waals surface area contributed by atoms with Crippen molar-refractivity contribution < 1.29 is 4.79 Å². The van der Waals surface area contributed by atoms with Crippen LogP contribution in [-0.2, 0) is 17.9 Å². The molecule has 0 radical (unpaired) electrons. The monoisotopic (exact) mass is 263 g/mol. The zero-order valence-corrected chi connectivity index (χ0v) is 10.6. The number of amides is 1. The fourth-order valence-corrected chi connectivity index (χ4v) is 1.76. The fraction of sp³-hybridized carbons (Fsp3) is 0.231. The number of carbonyl (C=O) groups excluding carboxylic acids is 1. The summed E-state index contributed by atoms with van der Waals surface area (Å²) in [6, 6.07) is 9.93. The molecular weight excluding hydrogens is 250 g/mol. The summed E-state index contributed by atoms with van der Waals surface area (Å²) in [6.07, 6.45) is 3.67. The topological polar surface area (TPSA) is 46.9 Å². The summed E-state index contributed by atoms with van der Waals surface area (Å²) in [7, 11) is 0. The molecule has 1 N–H and O–H groups in total. The summed E-state index contributed by atoms with van der Waals surface area (Å²) in [5.74, 6) is -0.165. The van der Waals surface area contributed by atoms with Gasteiger partial charge in [-0.05, 0) is 17.2 Å². The summed E-state index contributed by atoms with van der Waals surface area (Å²) in [5, 5.41) is 6.90. The van der Waals surface area contributed by atoms with Gasteiger partial charge in [0.25, 0.3) is 0 Å². The van der Waals surface area contributed by atoms with Gasteiger partial charge < -0.3 is 5.32 Å². The lowest BCUT2D eigenvalue weighted by atomic mass is 10.1. The highest BCUT2D eigenvalue weighted by Gasteiger charge is 2.00. The lowest BCUT2D eigenvalue weighted by molar-refractivity contribution is -0.118. The molecule has 1 aromatic carbocycles. The zero-order valence-electron chi connectivity index (χ0n) is 9.84. The van der Waals surface area contributed by atoms with Crippen LogP contribution >= 0.6 is 11.6 Å². The van der Waals surface area contributed by atoms with Crippen LogP contribution in [-0.4, -0.2) is 21.6 Å². The van der Waals surface area contributed by atoms with Crippen LogP contribution in [0.2, 0.25) is 0 Å². The van der Waals surface area contributed by atoms with E-state index in [4.69, 9.17) is 11.6 Å². The Morgan fingerprint density at radius 3 is 2.89 bits per heavy atom. The first-order chi connectivity index (χ1) is 8.78. The van der Waals surface area contributed by atoms with E-state index in [-0.39, 0.29) is 11.8 Å². The highest BCUT2D eigenvalue weighted by Crippen LogP contribution is 2.06. The van der Waals surface area contributed by atoms with E-state index in [0.29, 0.717) is 6.54 Å². The van der Waals surface area contributed by atoms with E-state index < -0.39 is 0 Å². The van der Waals surface area contributed by atoms with Gasteiger partial charge in [0.15, 0.2) is 0 Å². The quantitative estimate of drug-likeness (QED) is 0.836. The third-order valence-electron chi connectivity index (χ3n) is 2.51. The molecule has 1 heterocycles. The molecule has 2 rings (SSSR count). The minimum atomic E-state index is -0.158. The van der Waals surface area contributed by atoms with Crippen molar-refractivity contribution in [2.75, 3.05) is 5.88 Å². The second-order valence-electron chi connectivity index (χ2n) is 3.93. The predicted octanol–water partition coefficient (Wildman–Crippen LogP) is 1.79. The summed E-state index contributed by atoms with van der Waals surface area (Å²) < 4.78 is 1.86. The molecule has 4 nitrogen and oxygen atoms in total. The highest BCUT2D eigenvalue weighted by molar-refractivity contribution is 6.27. The Hall–Kier alpha value is -1.81. The molecular formula is C13H14ClN3O. The van der Waals surface area contributed by atoms with Gasteiger partial charge >= 0.3 is 0 Å². The number of benzene rings is 1. The van der Waals surface area contributed by atoms with Crippen LogP contribution in [0.25, 0.3) is 0 Å². The van der Waals surface area contributed by atoms with Crippen molar-refractivity contribution in [2.45, 2.75) is 13.1 Å². The van der Waals surface area contributed by atoms with E-state index >= 15 is 0 Å². The molecule has 18 heavy (non-hydrogen) atoms. The molecule has 0 saturated heterocycles. The van der Waals surface area contributed by atoms with Crippen molar-refractivity contribution >= 4 is 17.5 Å². The van der Waals surface area contributed by atoms with E-state index in [0.717, 1.165) is 17.7 Å². The second kappa shape index (κ2) is 6.21. The number of hydrogen-bond acceptors (Lipinski definition) is 2. The fourth-order valence-electron chi connectivity index (χ4n) is 1.67. The minimum Gasteiger partial charge on any atom is -0.351 e. The molecule has 5 heteroatoms. The van der Waals surface area contributed by atoms with Crippen molar-refractivity contribution in [1.29, 1.82) is 0 Å². The maximum atomic E-state index is 11.1. The van der Waals surface area contributed by atoms with Crippen LogP contribution in [0.4, 0.5) is 0 Å². The largest absolute Gasteiger partial charge is 0.351 e. The second-order valence-corrected chi connectivity index (χ2v) is 4.20. The predicted molar refractivity (Wildman–Crippen MR) is 70.3 cm³/mol. The van der Waals surface area contributed by atoms with Gasteiger partial charge in [-0.3, -0.25) is 9.48 Å². The normalized spacial score (nSPS) is 10.3. The number of halogens is 1. The van der Waals surface area contributed by atoms with Gasteiger partial charge in [-0.2, -0.15) is 5.10 Å². The number of aromatic nitrogens is 2. The van der Waals surface area contributed by atoms with E-state index in [1.165, 1.54) is 0 Å². The molecule has 0 unspecified atom stereocenters. The van der Waals surface area contributed by atoms with Crippen LogP contribution in [0.15, 0.2) is 42.7 Å². The summed E-state index contributed by atoms with van der Waals surface area (Å²) in [6.45, 7) is 1.22. The van der Waals surface area contributed by atoms with Crippen molar-refractivity contribution in [1.82, 2.24) is 15.1 Å². The Labute approximate surface area is 111 Å². The molecule has 1 amide bonds. The maximum absolute atomic E-state index is 11.1. The van der Waals surface area contributed by atoms with Crippen LogP contribution in [0.5, 0.6) is 0 Å². The van der Waals surface area contributed by atoms with Crippen LogP contribution in [0.1, 0.15) is 11.1 Å². The molecule has 0 aliphatic heterocycles. The number of hydrogen-bond donors (Lipinski definition) is 1. The van der Waals surface area contributed by atoms with E-state index in [1.807, 2.05) is 35.1 Å². The first kappa shape index (κ1) is 12.6. The van der Waals surface area contributed by atoms with E-state index in [1.54, 1.807) is 6.20 Å². The minimum absolute atomic E-state index is 0.00697. The van der Waals surface area contributed by atoms with Crippen molar-refractivity contribution in [2.24, 2.45) is 0 Å². The van der Waals surface area contributed by atoms with Gasteiger partial charge in [0, 0.05) is 18.9 Å². The Bertz CT molecular complexity index is 511. The van der Waals surface area contributed by atoms with E-state index in [2.05, 4.69) is 16.5 Å². The van der Waals surface area contributed by atoms with Gasteiger partial charge in [0.2, 0.25) is 5.91 Å². The standard InChI is InChI=1S/C13H14ClN3O/c14-8-13(18)15-9-11-3-1-4-12(7-11)10-17-6-2-5-16-17/h1-7H,8-10H2,(H,15,18). The average Bonchev–Trinajstić information content (AvgIpc) is 2.89. The molecule has 0 saturated carbocycles. The molecule has 0 fully saturated rings. The van der Waals surface area contributed by atoms with Gasteiger partial charge in [-0.15, -0.1) is 11.6 Å². The number of carbonyl (C=O) groups is 1. The van der Waals surface area contributed by atoms with Crippen LogP contribution < -0.4 is 5.32 Å². The molecule has 0 aliphatic rings. The summed E-state index contributed by atoms with van der Waals surface area (Å²) in [5.41, 5.74) is 2.20. The first-order valence-electron chi connectivity index (χ1n) is 5.66. The number of alkyl halides is 1. The maximum Gasteiger partial charge on any atom is 0.235 e. The van der Waals surface area contributed by atoms with Crippen LogP contribution in [0, 0.1) is 0 Å². The molecule has 1 aromatic heterocycles. The smallest absolute Gasteiger partial charge is 0.235 e.